The van der Waals surface area contributed by atoms with Crippen LogP contribution in [-0.2, 0) is 11.3 Å². The highest BCUT2D eigenvalue weighted by Gasteiger charge is 2.16. The summed E-state index contributed by atoms with van der Waals surface area (Å²) < 4.78 is 10.4. The van der Waals surface area contributed by atoms with Crippen LogP contribution < -0.4 is 14.8 Å². The molecule has 1 unspecified atom stereocenters. The minimum atomic E-state index is -0.827. The van der Waals surface area contributed by atoms with Gasteiger partial charge in [0.1, 0.15) is 17.5 Å². The first-order chi connectivity index (χ1) is 9.62. The number of methoxy groups -OCH3 is 2. The Morgan fingerprint density at radius 1 is 1.40 bits per heavy atom. The molecule has 0 bridgehead atoms. The van der Waals surface area contributed by atoms with E-state index in [1.165, 1.54) is 0 Å². The minimum absolute atomic E-state index is 0.443. The first-order valence-corrected chi connectivity index (χ1v) is 7.67. The number of carboxylic acid groups (broad SMARTS) is 1. The Morgan fingerprint density at radius 2 is 2.15 bits per heavy atom. The molecule has 1 atom stereocenters. The number of ether oxygens (including phenoxy) is 2. The fourth-order valence-corrected chi connectivity index (χ4v) is 2.25. The van der Waals surface area contributed by atoms with Crippen molar-refractivity contribution in [1.29, 1.82) is 0 Å². The molecule has 0 radical (unpaired) electrons. The van der Waals surface area contributed by atoms with E-state index in [4.69, 9.17) is 14.6 Å². The van der Waals surface area contributed by atoms with E-state index in [2.05, 4.69) is 5.32 Å². The van der Waals surface area contributed by atoms with Crippen LogP contribution in [0.15, 0.2) is 18.2 Å². The number of benzene rings is 1. The largest absolute Gasteiger partial charge is 0.497 e. The number of carbonyl (C=O) groups is 1. The van der Waals surface area contributed by atoms with Crippen LogP contribution in [0.1, 0.15) is 12.0 Å². The number of hydrogen-bond acceptors (Lipinski definition) is 5. The Balaban J connectivity index is 2.69. The van der Waals surface area contributed by atoms with Gasteiger partial charge in [0.25, 0.3) is 0 Å². The van der Waals surface area contributed by atoms with Gasteiger partial charge in [0.15, 0.2) is 0 Å². The third-order valence-corrected chi connectivity index (χ3v) is 3.59. The van der Waals surface area contributed by atoms with Crippen LogP contribution in [0.25, 0.3) is 0 Å². The van der Waals surface area contributed by atoms with Gasteiger partial charge in [0.2, 0.25) is 0 Å². The van der Waals surface area contributed by atoms with Gasteiger partial charge in [-0.1, -0.05) is 6.07 Å². The molecule has 0 spiro atoms. The first-order valence-electron chi connectivity index (χ1n) is 6.28. The third-order valence-electron chi connectivity index (χ3n) is 2.94. The molecule has 112 valence electrons. The van der Waals surface area contributed by atoms with Crippen molar-refractivity contribution in [2.45, 2.75) is 19.0 Å². The van der Waals surface area contributed by atoms with Crippen LogP contribution in [0.3, 0.4) is 0 Å². The average molecular weight is 299 g/mol. The number of rotatable bonds is 9. The second-order valence-electron chi connectivity index (χ2n) is 4.23. The maximum Gasteiger partial charge on any atom is 0.320 e. The molecular weight excluding hydrogens is 278 g/mol. The van der Waals surface area contributed by atoms with Crippen molar-refractivity contribution in [3.63, 3.8) is 0 Å². The van der Waals surface area contributed by atoms with E-state index in [0.717, 1.165) is 11.3 Å². The summed E-state index contributed by atoms with van der Waals surface area (Å²) in [6, 6.07) is 4.94. The number of carboxylic acids is 1. The molecule has 0 saturated heterocycles. The van der Waals surface area contributed by atoms with E-state index in [9.17, 15) is 4.79 Å². The summed E-state index contributed by atoms with van der Waals surface area (Å²) in [6.07, 6.45) is 2.56. The molecule has 6 heteroatoms. The highest BCUT2D eigenvalue weighted by Crippen LogP contribution is 2.24. The fourth-order valence-electron chi connectivity index (χ4n) is 1.78. The molecule has 1 rings (SSSR count). The molecule has 0 saturated carbocycles. The second kappa shape index (κ2) is 8.71. The summed E-state index contributed by atoms with van der Waals surface area (Å²) in [5.41, 5.74) is 0.906. The Bertz CT molecular complexity index is 439. The van der Waals surface area contributed by atoms with Gasteiger partial charge in [0, 0.05) is 18.2 Å². The van der Waals surface area contributed by atoms with Crippen molar-refractivity contribution in [3.8, 4) is 11.5 Å². The molecule has 0 amide bonds. The lowest BCUT2D eigenvalue weighted by atomic mass is 10.1. The average Bonchev–Trinajstić information content (AvgIpc) is 2.46. The van der Waals surface area contributed by atoms with Crippen LogP contribution in [0.5, 0.6) is 11.5 Å². The second-order valence-corrected chi connectivity index (χ2v) is 5.22. The van der Waals surface area contributed by atoms with Gasteiger partial charge >= 0.3 is 5.97 Å². The van der Waals surface area contributed by atoms with Crippen molar-refractivity contribution in [2.24, 2.45) is 0 Å². The SMILES string of the molecule is COc1ccc(CNC(CCSC)C(=O)O)c(OC)c1. The van der Waals surface area contributed by atoms with E-state index in [1.807, 2.05) is 18.4 Å². The van der Waals surface area contributed by atoms with Crippen molar-refractivity contribution >= 4 is 17.7 Å². The molecule has 20 heavy (non-hydrogen) atoms. The Hall–Kier alpha value is -1.40. The molecule has 0 fully saturated rings. The molecule has 0 aromatic heterocycles. The first kappa shape index (κ1) is 16.7. The number of thioether (sulfide) groups is 1. The monoisotopic (exact) mass is 299 g/mol. The quantitative estimate of drug-likeness (QED) is 0.727. The minimum Gasteiger partial charge on any atom is -0.497 e. The molecule has 1 aromatic rings. The Labute approximate surface area is 123 Å². The number of aliphatic carboxylic acids is 1. The van der Waals surface area contributed by atoms with Gasteiger partial charge in [-0.15, -0.1) is 0 Å². The molecule has 0 heterocycles. The predicted molar refractivity (Wildman–Crippen MR) is 80.8 cm³/mol. The summed E-state index contributed by atoms with van der Waals surface area (Å²) in [6.45, 7) is 0.443. The summed E-state index contributed by atoms with van der Waals surface area (Å²) >= 11 is 1.64. The third kappa shape index (κ3) is 4.94. The van der Waals surface area contributed by atoms with E-state index >= 15 is 0 Å². The Kier molecular flexibility index (Phi) is 7.25. The maximum atomic E-state index is 11.2. The lowest BCUT2D eigenvalue weighted by Crippen LogP contribution is -2.36. The van der Waals surface area contributed by atoms with Crippen molar-refractivity contribution in [3.05, 3.63) is 23.8 Å². The van der Waals surface area contributed by atoms with Crippen molar-refractivity contribution in [2.75, 3.05) is 26.2 Å². The molecule has 2 N–H and O–H groups in total. The molecule has 5 nitrogen and oxygen atoms in total. The zero-order chi connectivity index (χ0) is 15.0. The van der Waals surface area contributed by atoms with Crippen molar-refractivity contribution in [1.82, 2.24) is 5.32 Å². The van der Waals surface area contributed by atoms with Gasteiger partial charge < -0.3 is 19.9 Å². The maximum absolute atomic E-state index is 11.2. The Morgan fingerprint density at radius 3 is 2.70 bits per heavy atom. The lowest BCUT2D eigenvalue weighted by molar-refractivity contribution is -0.139. The predicted octanol–water partition coefficient (Wildman–Crippen LogP) is 2.00. The lowest BCUT2D eigenvalue weighted by Gasteiger charge is -2.16. The molecule has 1 aromatic carbocycles. The molecule has 0 aliphatic carbocycles. The molecular formula is C14H21NO4S. The summed E-state index contributed by atoms with van der Waals surface area (Å²) in [5, 5.41) is 12.2. The number of nitrogens with one attached hydrogen (secondary N) is 1. The smallest absolute Gasteiger partial charge is 0.320 e. The van der Waals surface area contributed by atoms with E-state index < -0.39 is 12.0 Å². The van der Waals surface area contributed by atoms with E-state index in [0.29, 0.717) is 24.5 Å². The van der Waals surface area contributed by atoms with Crippen LogP contribution in [0.4, 0.5) is 0 Å². The summed E-state index contributed by atoms with van der Waals surface area (Å²) in [4.78, 5) is 11.2. The van der Waals surface area contributed by atoms with Gasteiger partial charge in [0.05, 0.1) is 14.2 Å². The molecule has 0 aliphatic heterocycles. The summed E-state index contributed by atoms with van der Waals surface area (Å²) in [7, 11) is 3.18. The van der Waals surface area contributed by atoms with Crippen LogP contribution in [-0.4, -0.2) is 43.3 Å². The standard InChI is InChI=1S/C14H21NO4S/c1-18-11-5-4-10(13(8-11)19-2)9-15-12(14(16)17)6-7-20-3/h4-5,8,12,15H,6-7,9H2,1-3H3,(H,16,17). The van der Waals surface area contributed by atoms with Gasteiger partial charge in [-0.25, -0.2) is 0 Å². The zero-order valence-electron chi connectivity index (χ0n) is 12.0. The fraction of sp³-hybridized carbons (Fsp3) is 0.500. The number of hydrogen-bond donors (Lipinski definition) is 2. The van der Waals surface area contributed by atoms with Crippen LogP contribution in [0.2, 0.25) is 0 Å². The van der Waals surface area contributed by atoms with E-state index in [-0.39, 0.29) is 0 Å². The van der Waals surface area contributed by atoms with Gasteiger partial charge in [-0.3, -0.25) is 4.79 Å². The van der Waals surface area contributed by atoms with Crippen LogP contribution >= 0.6 is 11.8 Å². The van der Waals surface area contributed by atoms with Gasteiger partial charge in [-0.05, 0) is 24.5 Å². The van der Waals surface area contributed by atoms with Gasteiger partial charge in [-0.2, -0.15) is 11.8 Å². The highest BCUT2D eigenvalue weighted by atomic mass is 32.2. The highest BCUT2D eigenvalue weighted by molar-refractivity contribution is 7.98. The normalized spacial score (nSPS) is 11.9. The zero-order valence-corrected chi connectivity index (χ0v) is 12.8. The van der Waals surface area contributed by atoms with Crippen molar-refractivity contribution < 1.29 is 19.4 Å². The summed E-state index contributed by atoms with van der Waals surface area (Å²) in [5.74, 6) is 1.38. The molecule has 0 aliphatic rings. The topological polar surface area (TPSA) is 67.8 Å². The van der Waals surface area contributed by atoms with Crippen LogP contribution in [0, 0.1) is 0 Å². The van der Waals surface area contributed by atoms with E-state index in [1.54, 1.807) is 32.0 Å².